The van der Waals surface area contributed by atoms with Crippen LogP contribution >= 0.6 is 11.8 Å². The van der Waals surface area contributed by atoms with Crippen LogP contribution in [0, 0.1) is 0 Å². The van der Waals surface area contributed by atoms with Crippen molar-refractivity contribution in [1.29, 1.82) is 0 Å². The summed E-state index contributed by atoms with van der Waals surface area (Å²) in [5.41, 5.74) is 0. The lowest BCUT2D eigenvalue weighted by Gasteiger charge is -2.15. The lowest BCUT2D eigenvalue weighted by Crippen LogP contribution is -2.30. The van der Waals surface area contributed by atoms with E-state index in [4.69, 9.17) is 5.11 Å². The zero-order valence-corrected chi connectivity index (χ0v) is 16.4. The monoisotopic (exact) mass is 368 g/mol. The first-order chi connectivity index (χ1) is 12.1. The molecule has 0 atom stereocenters. The Morgan fingerprint density at radius 1 is 1.04 bits per heavy atom. The van der Waals surface area contributed by atoms with Gasteiger partial charge in [-0.05, 0) is 24.6 Å². The molecule has 1 amide bonds. The van der Waals surface area contributed by atoms with Crippen LogP contribution in [0.4, 0.5) is 0 Å². The van der Waals surface area contributed by atoms with E-state index < -0.39 is 5.97 Å². The summed E-state index contributed by atoms with van der Waals surface area (Å²) in [6.07, 6.45) is 12.5. The van der Waals surface area contributed by atoms with Crippen molar-refractivity contribution in [2.24, 2.45) is 4.99 Å². The number of amidine groups is 1. The maximum atomic E-state index is 12.4. The number of carbonyl (C=O) groups is 2. The van der Waals surface area contributed by atoms with Crippen LogP contribution < -0.4 is 0 Å². The van der Waals surface area contributed by atoms with E-state index in [1.165, 1.54) is 50.3 Å². The van der Waals surface area contributed by atoms with Gasteiger partial charge in [0.15, 0.2) is 5.17 Å². The molecule has 0 aromatic heterocycles. The zero-order valence-electron chi connectivity index (χ0n) is 15.6. The van der Waals surface area contributed by atoms with Gasteiger partial charge >= 0.3 is 5.97 Å². The van der Waals surface area contributed by atoms with E-state index in [0.717, 1.165) is 31.8 Å². The van der Waals surface area contributed by atoms with E-state index >= 15 is 0 Å². The van der Waals surface area contributed by atoms with Crippen LogP contribution in [0.1, 0.15) is 78.1 Å². The highest BCUT2D eigenvalue weighted by Gasteiger charge is 2.33. The molecular weight excluding hydrogens is 336 g/mol. The van der Waals surface area contributed by atoms with E-state index in [-0.39, 0.29) is 10.8 Å². The van der Waals surface area contributed by atoms with Crippen molar-refractivity contribution in [3.05, 3.63) is 11.0 Å². The first kappa shape index (κ1) is 21.7. The van der Waals surface area contributed by atoms with Crippen LogP contribution in [0.3, 0.4) is 0 Å². The Bertz CT molecular complexity index is 489. The molecule has 0 aliphatic carbocycles. The Morgan fingerprint density at radius 2 is 1.64 bits per heavy atom. The number of carboxylic acid groups (broad SMARTS) is 1. The first-order valence-corrected chi connectivity index (χ1v) is 10.4. The second kappa shape index (κ2) is 13.0. The maximum absolute atomic E-state index is 12.4. The molecule has 0 spiro atoms. The highest BCUT2D eigenvalue weighted by molar-refractivity contribution is 8.18. The molecule has 0 radical (unpaired) electrons. The van der Waals surface area contributed by atoms with Crippen LogP contribution in [0.2, 0.25) is 0 Å². The number of aliphatic imine (C=N–C) groups is 1. The largest absolute Gasteiger partial charge is 0.478 e. The molecule has 6 heteroatoms. The maximum Gasteiger partial charge on any atom is 0.329 e. The minimum atomic E-state index is -1.08. The number of unbranched alkanes of at least 4 members (excludes halogenated alkanes) is 8. The van der Waals surface area contributed by atoms with Crippen molar-refractivity contribution in [3.63, 3.8) is 0 Å². The average molecular weight is 369 g/mol. The number of hydrogen-bond acceptors (Lipinski definition) is 4. The SMILES string of the molecule is CCCCCCCN=C1SC(=CC(=O)O)C(=O)N1CCCCCCC. The summed E-state index contributed by atoms with van der Waals surface area (Å²) in [7, 11) is 0. The molecule has 1 fully saturated rings. The van der Waals surface area contributed by atoms with Crippen molar-refractivity contribution < 1.29 is 14.7 Å². The highest BCUT2D eigenvalue weighted by Crippen LogP contribution is 2.31. The third kappa shape index (κ3) is 8.56. The molecule has 0 aromatic rings. The normalized spacial score (nSPS) is 17.8. The summed E-state index contributed by atoms with van der Waals surface area (Å²) in [6, 6.07) is 0. The fraction of sp³-hybridized carbons (Fsp3) is 0.737. The molecule has 1 heterocycles. The van der Waals surface area contributed by atoms with Gasteiger partial charge in [-0.25, -0.2) is 4.79 Å². The van der Waals surface area contributed by atoms with Gasteiger partial charge in [0, 0.05) is 19.2 Å². The molecule has 0 saturated carbocycles. The van der Waals surface area contributed by atoms with Crippen LogP contribution in [0.15, 0.2) is 16.0 Å². The summed E-state index contributed by atoms with van der Waals surface area (Å²) in [6.45, 7) is 5.69. The van der Waals surface area contributed by atoms with E-state index in [2.05, 4.69) is 18.8 Å². The number of thioether (sulfide) groups is 1. The van der Waals surface area contributed by atoms with E-state index in [1.54, 1.807) is 4.90 Å². The van der Waals surface area contributed by atoms with Crippen molar-refractivity contribution in [2.75, 3.05) is 13.1 Å². The second-order valence-corrected chi connectivity index (χ2v) is 7.41. The minimum absolute atomic E-state index is 0.215. The summed E-state index contributed by atoms with van der Waals surface area (Å²) in [5, 5.41) is 9.60. The number of rotatable bonds is 13. The zero-order chi connectivity index (χ0) is 18.5. The van der Waals surface area contributed by atoms with Crippen molar-refractivity contribution >= 4 is 28.8 Å². The molecular formula is C19H32N2O3S. The Balaban J connectivity index is 2.59. The van der Waals surface area contributed by atoms with E-state index in [1.807, 2.05) is 0 Å². The van der Waals surface area contributed by atoms with E-state index in [0.29, 0.717) is 18.3 Å². The molecule has 0 unspecified atom stereocenters. The Hall–Kier alpha value is -1.30. The Morgan fingerprint density at radius 3 is 2.24 bits per heavy atom. The number of nitrogens with zero attached hydrogens (tertiary/aromatic N) is 2. The number of carboxylic acids is 1. The van der Waals surface area contributed by atoms with Crippen LogP contribution in [-0.2, 0) is 9.59 Å². The van der Waals surface area contributed by atoms with Crippen LogP contribution in [0.5, 0.6) is 0 Å². The standard InChI is InChI=1S/C19H32N2O3S/c1-3-5-7-9-11-13-20-19-21(14-12-10-8-6-4-2)18(24)16(25-19)15-17(22)23/h15H,3-14H2,1-2H3,(H,22,23). The van der Waals surface area contributed by atoms with E-state index in [9.17, 15) is 9.59 Å². The average Bonchev–Trinajstić information content (AvgIpc) is 2.86. The fourth-order valence-electron chi connectivity index (χ4n) is 2.70. The van der Waals surface area contributed by atoms with Gasteiger partial charge in [0.25, 0.3) is 5.91 Å². The predicted octanol–water partition coefficient (Wildman–Crippen LogP) is 4.83. The van der Waals surface area contributed by atoms with Crippen molar-refractivity contribution in [3.8, 4) is 0 Å². The summed E-state index contributed by atoms with van der Waals surface area (Å²) < 4.78 is 0. The number of aliphatic carboxylic acids is 1. The number of hydrogen-bond donors (Lipinski definition) is 1. The molecule has 1 rings (SSSR count). The molecule has 0 bridgehead atoms. The summed E-state index contributed by atoms with van der Waals surface area (Å²) >= 11 is 1.20. The minimum Gasteiger partial charge on any atom is -0.478 e. The molecule has 25 heavy (non-hydrogen) atoms. The Kier molecular flexibility index (Phi) is 11.3. The third-order valence-corrected chi connectivity index (χ3v) is 5.18. The van der Waals surface area contributed by atoms with Gasteiger partial charge in [-0.2, -0.15) is 0 Å². The summed E-state index contributed by atoms with van der Waals surface area (Å²) in [5.74, 6) is -1.30. The number of amides is 1. The third-order valence-electron chi connectivity index (χ3n) is 4.14. The first-order valence-electron chi connectivity index (χ1n) is 9.58. The van der Waals surface area contributed by atoms with Gasteiger partial charge in [0.1, 0.15) is 0 Å². The summed E-state index contributed by atoms with van der Waals surface area (Å²) in [4.78, 5) is 29.9. The lowest BCUT2D eigenvalue weighted by molar-refractivity contribution is -0.132. The van der Waals surface area contributed by atoms with Gasteiger partial charge in [-0.1, -0.05) is 65.2 Å². The highest BCUT2D eigenvalue weighted by atomic mass is 32.2. The van der Waals surface area contributed by atoms with Gasteiger partial charge in [0.05, 0.1) is 4.91 Å². The van der Waals surface area contributed by atoms with Crippen LogP contribution in [-0.4, -0.2) is 40.1 Å². The van der Waals surface area contributed by atoms with Crippen molar-refractivity contribution in [1.82, 2.24) is 4.90 Å². The van der Waals surface area contributed by atoms with Gasteiger partial charge in [-0.15, -0.1) is 0 Å². The molecule has 1 aliphatic heterocycles. The van der Waals surface area contributed by atoms with Gasteiger partial charge in [0.2, 0.25) is 0 Å². The smallest absolute Gasteiger partial charge is 0.329 e. The molecule has 142 valence electrons. The molecule has 1 saturated heterocycles. The Labute approximate surface area is 156 Å². The quantitative estimate of drug-likeness (QED) is 0.373. The molecule has 0 aromatic carbocycles. The predicted molar refractivity (Wildman–Crippen MR) is 105 cm³/mol. The van der Waals surface area contributed by atoms with Gasteiger partial charge < -0.3 is 5.11 Å². The molecule has 1 aliphatic rings. The van der Waals surface area contributed by atoms with Crippen molar-refractivity contribution in [2.45, 2.75) is 78.1 Å². The molecule has 1 N–H and O–H groups in total. The molecule has 5 nitrogen and oxygen atoms in total. The number of carbonyl (C=O) groups excluding carboxylic acids is 1. The van der Waals surface area contributed by atoms with Crippen LogP contribution in [0.25, 0.3) is 0 Å². The fourth-order valence-corrected chi connectivity index (χ4v) is 3.69. The lowest BCUT2D eigenvalue weighted by atomic mass is 10.1. The van der Waals surface area contributed by atoms with Gasteiger partial charge in [-0.3, -0.25) is 14.7 Å². The second-order valence-electron chi connectivity index (χ2n) is 6.40. The topological polar surface area (TPSA) is 70.0 Å².